The summed E-state index contributed by atoms with van der Waals surface area (Å²) in [5.41, 5.74) is 0.526. The Morgan fingerprint density at radius 2 is 2.29 bits per heavy atom. The fourth-order valence-electron chi connectivity index (χ4n) is 3.05. The van der Waals surface area contributed by atoms with Crippen LogP contribution >= 0.6 is 11.3 Å². The number of aromatic nitrogens is 2. The van der Waals surface area contributed by atoms with Gasteiger partial charge in [-0.3, -0.25) is 9.48 Å². The Kier molecular flexibility index (Phi) is 5.52. The van der Waals surface area contributed by atoms with Crippen LogP contribution < -0.4 is 4.74 Å². The molecule has 1 aliphatic heterocycles. The number of carbonyl (C=O) groups excluding carboxylic acids is 1. The van der Waals surface area contributed by atoms with Crippen LogP contribution in [0.3, 0.4) is 0 Å². The van der Waals surface area contributed by atoms with E-state index in [9.17, 15) is 4.79 Å². The van der Waals surface area contributed by atoms with Crippen molar-refractivity contribution >= 4 is 17.2 Å². The first-order chi connectivity index (χ1) is 11.7. The maximum atomic E-state index is 13.2. The van der Waals surface area contributed by atoms with Crippen molar-refractivity contribution < 1.29 is 14.3 Å². The predicted molar refractivity (Wildman–Crippen MR) is 92.7 cm³/mol. The number of rotatable bonds is 6. The molecule has 0 aromatic carbocycles. The summed E-state index contributed by atoms with van der Waals surface area (Å²) in [5.74, 6) is 0.374. The van der Waals surface area contributed by atoms with Crippen molar-refractivity contribution in [1.82, 2.24) is 14.7 Å². The quantitative estimate of drug-likeness (QED) is 0.803. The van der Waals surface area contributed by atoms with E-state index in [2.05, 4.69) is 16.5 Å². The van der Waals surface area contributed by atoms with Crippen LogP contribution in [0.25, 0.3) is 0 Å². The number of methoxy groups -OCH3 is 1. The predicted octanol–water partition coefficient (Wildman–Crippen LogP) is 2.35. The van der Waals surface area contributed by atoms with Gasteiger partial charge in [0.05, 0.1) is 7.11 Å². The summed E-state index contributed by atoms with van der Waals surface area (Å²) in [6.45, 7) is 2.11. The van der Waals surface area contributed by atoms with Gasteiger partial charge in [-0.2, -0.15) is 0 Å². The van der Waals surface area contributed by atoms with E-state index in [1.807, 2.05) is 11.0 Å². The third-order valence-electron chi connectivity index (χ3n) is 4.29. The molecule has 0 unspecified atom stereocenters. The zero-order valence-corrected chi connectivity index (χ0v) is 14.9. The third-order valence-corrected chi connectivity index (χ3v) is 5.23. The molecule has 2 aromatic rings. The van der Waals surface area contributed by atoms with E-state index < -0.39 is 0 Å². The van der Waals surface area contributed by atoms with Crippen LogP contribution in [0.4, 0.5) is 0 Å². The first-order valence-electron chi connectivity index (χ1n) is 8.17. The molecule has 0 saturated carbocycles. The van der Waals surface area contributed by atoms with Gasteiger partial charge in [0.2, 0.25) is 5.88 Å². The molecule has 1 aliphatic rings. The highest BCUT2D eigenvalue weighted by Gasteiger charge is 2.29. The molecular formula is C17H23N3O3S. The minimum atomic E-state index is -0.0107. The fraction of sp³-hybridized carbons (Fsp3) is 0.529. The molecule has 2 aromatic heterocycles. The zero-order valence-electron chi connectivity index (χ0n) is 14.1. The average molecular weight is 349 g/mol. The lowest BCUT2D eigenvalue weighted by molar-refractivity contribution is 0.0292. The van der Waals surface area contributed by atoms with E-state index in [0.29, 0.717) is 31.2 Å². The summed E-state index contributed by atoms with van der Waals surface area (Å²) in [6, 6.07) is 4.36. The van der Waals surface area contributed by atoms with Gasteiger partial charge in [0.15, 0.2) is 0 Å². The van der Waals surface area contributed by atoms with E-state index in [0.717, 1.165) is 19.3 Å². The second kappa shape index (κ2) is 7.81. The first kappa shape index (κ1) is 17.0. The molecule has 130 valence electrons. The fourth-order valence-corrected chi connectivity index (χ4v) is 3.75. The minimum Gasteiger partial charge on any atom is -0.479 e. The van der Waals surface area contributed by atoms with Crippen LogP contribution in [-0.2, 0) is 18.2 Å². The van der Waals surface area contributed by atoms with Gasteiger partial charge in [-0.05, 0) is 30.7 Å². The molecule has 3 heterocycles. The van der Waals surface area contributed by atoms with Crippen molar-refractivity contribution in [2.45, 2.75) is 25.3 Å². The van der Waals surface area contributed by atoms with Crippen LogP contribution in [0.15, 0.2) is 23.7 Å². The number of thiophene rings is 1. The average Bonchev–Trinajstić information content (AvgIpc) is 3.25. The van der Waals surface area contributed by atoms with Gasteiger partial charge in [-0.15, -0.1) is 16.4 Å². The van der Waals surface area contributed by atoms with Crippen molar-refractivity contribution in [3.63, 3.8) is 0 Å². The monoisotopic (exact) mass is 349 g/mol. The van der Waals surface area contributed by atoms with Crippen LogP contribution in [0.2, 0.25) is 0 Å². The van der Waals surface area contributed by atoms with Crippen LogP contribution in [0.5, 0.6) is 5.88 Å². The van der Waals surface area contributed by atoms with E-state index >= 15 is 0 Å². The van der Waals surface area contributed by atoms with Crippen molar-refractivity contribution in [3.8, 4) is 5.88 Å². The maximum Gasteiger partial charge on any atom is 0.261 e. The van der Waals surface area contributed by atoms with Crippen LogP contribution in [0, 0.1) is 0 Å². The van der Waals surface area contributed by atoms with Gasteiger partial charge in [0, 0.05) is 43.9 Å². The maximum absolute atomic E-state index is 13.2. The Morgan fingerprint density at radius 1 is 1.50 bits per heavy atom. The molecule has 1 amide bonds. The summed E-state index contributed by atoms with van der Waals surface area (Å²) in [4.78, 5) is 16.4. The second-order valence-corrected chi connectivity index (χ2v) is 6.93. The highest BCUT2D eigenvalue weighted by Crippen LogP contribution is 2.23. The smallest absolute Gasteiger partial charge is 0.261 e. The molecule has 0 aliphatic carbocycles. The Bertz CT molecular complexity index is 663. The first-order valence-corrected chi connectivity index (χ1v) is 9.05. The molecule has 0 bridgehead atoms. The zero-order chi connectivity index (χ0) is 16.9. The molecule has 0 N–H and O–H groups in total. The Labute approximate surface area is 146 Å². The molecule has 7 heteroatoms. The topological polar surface area (TPSA) is 56.6 Å². The summed E-state index contributed by atoms with van der Waals surface area (Å²) in [6.07, 6.45) is 4.35. The van der Waals surface area contributed by atoms with Crippen molar-refractivity contribution in [3.05, 3.63) is 34.2 Å². The van der Waals surface area contributed by atoms with E-state index in [-0.39, 0.29) is 11.9 Å². The second-order valence-electron chi connectivity index (χ2n) is 5.90. The molecule has 0 spiro atoms. The van der Waals surface area contributed by atoms with Crippen molar-refractivity contribution in [2.24, 2.45) is 7.05 Å². The number of aryl methyl sites for hydroxylation is 1. The van der Waals surface area contributed by atoms with Crippen LogP contribution in [-0.4, -0.2) is 53.5 Å². The highest BCUT2D eigenvalue weighted by atomic mass is 32.1. The Balaban J connectivity index is 1.80. The Morgan fingerprint density at radius 3 is 2.96 bits per heavy atom. The molecule has 0 atom stereocenters. The molecule has 0 radical (unpaired) electrons. The summed E-state index contributed by atoms with van der Waals surface area (Å²) in [5, 5.41) is 6.28. The van der Waals surface area contributed by atoms with Gasteiger partial charge < -0.3 is 14.4 Å². The molecule has 24 heavy (non-hydrogen) atoms. The van der Waals surface area contributed by atoms with Crippen LogP contribution in [0.1, 0.15) is 28.1 Å². The van der Waals surface area contributed by atoms with Gasteiger partial charge in [-0.1, -0.05) is 6.07 Å². The summed E-state index contributed by atoms with van der Waals surface area (Å²) < 4.78 is 12.3. The Hall–Kier alpha value is -1.86. The lowest BCUT2D eigenvalue weighted by Crippen LogP contribution is -2.44. The standard InChI is InChI=1S/C17H23N3O3S/c1-19-12-15(16(18-19)22-2)17(21)20(13-6-9-23-10-7-13)8-5-14-4-3-11-24-14/h3-4,11-13H,5-10H2,1-2H3. The summed E-state index contributed by atoms with van der Waals surface area (Å²) >= 11 is 1.73. The summed E-state index contributed by atoms with van der Waals surface area (Å²) in [7, 11) is 3.34. The number of nitrogens with zero attached hydrogens (tertiary/aromatic N) is 3. The van der Waals surface area contributed by atoms with E-state index in [4.69, 9.17) is 9.47 Å². The lowest BCUT2D eigenvalue weighted by Gasteiger charge is -2.34. The number of hydrogen-bond acceptors (Lipinski definition) is 5. The molecule has 3 rings (SSSR count). The number of hydrogen-bond donors (Lipinski definition) is 0. The van der Waals surface area contributed by atoms with Gasteiger partial charge in [0.25, 0.3) is 5.91 Å². The molecule has 1 saturated heterocycles. The van der Waals surface area contributed by atoms with Gasteiger partial charge in [-0.25, -0.2) is 0 Å². The lowest BCUT2D eigenvalue weighted by atomic mass is 10.1. The van der Waals surface area contributed by atoms with Crippen molar-refractivity contribution in [2.75, 3.05) is 26.9 Å². The molecule has 6 nitrogen and oxygen atoms in total. The number of carbonyl (C=O) groups is 1. The third kappa shape index (κ3) is 3.79. The number of amides is 1. The largest absolute Gasteiger partial charge is 0.479 e. The minimum absolute atomic E-state index is 0.0107. The van der Waals surface area contributed by atoms with Gasteiger partial charge >= 0.3 is 0 Å². The van der Waals surface area contributed by atoms with Crippen molar-refractivity contribution in [1.29, 1.82) is 0 Å². The van der Waals surface area contributed by atoms with Gasteiger partial charge in [0.1, 0.15) is 5.56 Å². The number of ether oxygens (including phenoxy) is 2. The molecule has 1 fully saturated rings. The SMILES string of the molecule is COc1nn(C)cc1C(=O)N(CCc1cccs1)C1CCOCC1. The van der Waals surface area contributed by atoms with E-state index in [1.54, 1.807) is 36.4 Å². The molecular weight excluding hydrogens is 326 g/mol. The highest BCUT2D eigenvalue weighted by molar-refractivity contribution is 7.09. The normalized spacial score (nSPS) is 15.4. The van der Waals surface area contributed by atoms with E-state index in [1.165, 1.54) is 4.88 Å².